The highest BCUT2D eigenvalue weighted by molar-refractivity contribution is 9.10. The molecule has 1 aromatic carbocycles. The van der Waals surface area contributed by atoms with Crippen molar-refractivity contribution in [3.8, 4) is 0 Å². The monoisotopic (exact) mass is 299 g/mol. The average Bonchev–Trinajstić information content (AvgIpc) is 2.70. The number of hydrogen-bond acceptors (Lipinski definition) is 2. The summed E-state index contributed by atoms with van der Waals surface area (Å²) in [5.41, 5.74) is -0.114. The number of amides is 1. The molecule has 0 aliphatic rings. The smallest absolute Gasteiger partial charge is 0.320 e. The van der Waals surface area contributed by atoms with Crippen LogP contribution in [0.3, 0.4) is 0 Å². The predicted molar refractivity (Wildman–Crippen MR) is 63.5 cm³/mol. The van der Waals surface area contributed by atoms with E-state index in [-0.39, 0.29) is 11.4 Å². The van der Waals surface area contributed by atoms with Crippen LogP contribution >= 0.6 is 15.9 Å². The third kappa shape index (κ3) is 2.62. The van der Waals surface area contributed by atoms with Gasteiger partial charge in [-0.15, -0.1) is 0 Å². The number of carbonyl (C=O) groups is 1. The second-order valence-corrected chi connectivity index (χ2v) is 4.09. The normalized spacial score (nSPS) is 10.2. The molecule has 88 valence electrons. The Hall–Kier alpha value is -1.89. The maximum absolute atomic E-state index is 13.0. The van der Waals surface area contributed by atoms with Crippen LogP contribution in [0.4, 0.5) is 10.1 Å². The fourth-order valence-electron chi connectivity index (χ4n) is 1.24. The minimum atomic E-state index is -0.533. The Balaban J connectivity index is 2.24. The Morgan fingerprint density at radius 1 is 1.41 bits per heavy atom. The van der Waals surface area contributed by atoms with Crippen molar-refractivity contribution in [2.75, 3.05) is 5.32 Å². The van der Waals surface area contributed by atoms with Crippen molar-refractivity contribution >= 4 is 27.5 Å². The van der Waals surface area contributed by atoms with Gasteiger partial charge in [-0.2, -0.15) is 0 Å². The van der Waals surface area contributed by atoms with Gasteiger partial charge >= 0.3 is 5.69 Å². The van der Waals surface area contributed by atoms with Crippen molar-refractivity contribution in [1.82, 2.24) is 9.97 Å². The van der Waals surface area contributed by atoms with E-state index in [9.17, 15) is 14.0 Å². The number of aromatic amines is 2. The van der Waals surface area contributed by atoms with E-state index in [2.05, 4.69) is 31.2 Å². The van der Waals surface area contributed by atoms with E-state index >= 15 is 0 Å². The van der Waals surface area contributed by atoms with Crippen molar-refractivity contribution in [1.29, 1.82) is 0 Å². The van der Waals surface area contributed by atoms with Crippen LogP contribution < -0.4 is 11.0 Å². The second kappa shape index (κ2) is 4.54. The maximum Gasteiger partial charge on any atom is 0.323 e. The fourth-order valence-corrected chi connectivity index (χ4v) is 1.58. The molecule has 0 unspecified atom stereocenters. The van der Waals surface area contributed by atoms with Gasteiger partial charge in [0.1, 0.15) is 11.5 Å². The van der Waals surface area contributed by atoms with Gasteiger partial charge < -0.3 is 15.3 Å². The summed E-state index contributed by atoms with van der Waals surface area (Å²) in [6.07, 6.45) is 1.24. The van der Waals surface area contributed by atoms with Crippen molar-refractivity contribution in [2.24, 2.45) is 0 Å². The number of imidazole rings is 1. The molecule has 0 aliphatic heterocycles. The first-order valence-electron chi connectivity index (χ1n) is 4.60. The van der Waals surface area contributed by atoms with E-state index < -0.39 is 17.4 Å². The molecule has 0 fully saturated rings. The molecule has 1 heterocycles. The molecule has 0 radical (unpaired) electrons. The Morgan fingerprint density at radius 3 is 2.82 bits per heavy atom. The Bertz CT molecular complexity index is 620. The van der Waals surface area contributed by atoms with Gasteiger partial charge in [-0.05, 0) is 34.1 Å². The van der Waals surface area contributed by atoms with Crippen LogP contribution in [-0.2, 0) is 0 Å². The van der Waals surface area contributed by atoms with Crippen LogP contribution in [0, 0.1) is 5.82 Å². The molecule has 0 aliphatic carbocycles. The lowest BCUT2D eigenvalue weighted by Gasteiger charge is -2.05. The maximum atomic E-state index is 13.0. The van der Waals surface area contributed by atoms with E-state index in [1.165, 1.54) is 24.4 Å². The van der Waals surface area contributed by atoms with Gasteiger partial charge in [0.15, 0.2) is 0 Å². The number of aromatic nitrogens is 2. The summed E-state index contributed by atoms with van der Waals surface area (Å²) in [5, 5.41) is 2.46. The highest BCUT2D eigenvalue weighted by Crippen LogP contribution is 2.23. The van der Waals surface area contributed by atoms with Crippen LogP contribution in [0.15, 0.2) is 33.7 Å². The van der Waals surface area contributed by atoms with Crippen LogP contribution in [-0.4, -0.2) is 15.9 Å². The molecule has 3 N–H and O–H groups in total. The van der Waals surface area contributed by atoms with Crippen molar-refractivity contribution in [3.63, 3.8) is 0 Å². The molecule has 0 spiro atoms. The second-order valence-electron chi connectivity index (χ2n) is 3.23. The molecule has 0 saturated carbocycles. The SMILES string of the molecule is O=C(Nc1cc(F)ccc1Br)c1c[nH]c(=O)[nH]1. The quantitative estimate of drug-likeness (QED) is 0.791. The van der Waals surface area contributed by atoms with Crippen LogP contribution in [0.2, 0.25) is 0 Å². The van der Waals surface area contributed by atoms with E-state index in [1.807, 2.05) is 0 Å². The molecule has 2 aromatic rings. The zero-order valence-corrected chi connectivity index (χ0v) is 9.97. The molecule has 0 saturated heterocycles. The number of anilines is 1. The topological polar surface area (TPSA) is 77.8 Å². The van der Waals surface area contributed by atoms with Crippen molar-refractivity contribution < 1.29 is 9.18 Å². The van der Waals surface area contributed by atoms with E-state index in [0.29, 0.717) is 4.47 Å². The molecule has 17 heavy (non-hydrogen) atoms. The van der Waals surface area contributed by atoms with E-state index in [1.54, 1.807) is 0 Å². The molecule has 1 amide bonds. The van der Waals surface area contributed by atoms with Gasteiger partial charge in [0.05, 0.1) is 5.69 Å². The lowest BCUT2D eigenvalue weighted by atomic mass is 10.3. The lowest BCUT2D eigenvalue weighted by Crippen LogP contribution is -2.14. The first-order chi connectivity index (χ1) is 8.06. The van der Waals surface area contributed by atoms with Gasteiger partial charge in [-0.3, -0.25) is 4.79 Å². The van der Waals surface area contributed by atoms with Gasteiger partial charge in [-0.1, -0.05) is 0 Å². The van der Waals surface area contributed by atoms with Crippen molar-refractivity contribution in [3.05, 3.63) is 50.9 Å². The Morgan fingerprint density at radius 2 is 2.18 bits per heavy atom. The molecule has 7 heteroatoms. The zero-order valence-electron chi connectivity index (χ0n) is 8.38. The molecule has 5 nitrogen and oxygen atoms in total. The summed E-state index contributed by atoms with van der Waals surface area (Å²) in [7, 11) is 0. The third-order valence-corrected chi connectivity index (χ3v) is 2.71. The molecule has 2 rings (SSSR count). The summed E-state index contributed by atoms with van der Waals surface area (Å²) < 4.78 is 13.5. The number of benzene rings is 1. The van der Waals surface area contributed by atoms with Crippen LogP contribution in [0.25, 0.3) is 0 Å². The van der Waals surface area contributed by atoms with Gasteiger partial charge in [0, 0.05) is 10.7 Å². The number of halogens is 2. The summed E-state index contributed by atoms with van der Waals surface area (Å²) >= 11 is 3.18. The summed E-state index contributed by atoms with van der Waals surface area (Å²) in [5.74, 6) is -0.999. The third-order valence-electron chi connectivity index (χ3n) is 2.02. The van der Waals surface area contributed by atoms with Crippen LogP contribution in [0.1, 0.15) is 10.5 Å². The number of carbonyl (C=O) groups excluding carboxylic acids is 1. The van der Waals surface area contributed by atoms with E-state index in [4.69, 9.17) is 0 Å². The van der Waals surface area contributed by atoms with E-state index in [0.717, 1.165) is 0 Å². The first kappa shape index (κ1) is 11.6. The first-order valence-corrected chi connectivity index (χ1v) is 5.39. The highest BCUT2D eigenvalue weighted by atomic mass is 79.9. The summed E-state index contributed by atoms with van der Waals surface area (Å²) in [4.78, 5) is 27.1. The standard InChI is InChI=1S/C10H7BrFN3O2/c11-6-2-1-5(12)3-7(6)14-9(16)8-4-13-10(17)15-8/h1-4H,(H,14,16)(H2,13,15,17). The molecular weight excluding hydrogens is 293 g/mol. The Labute approximate surface area is 103 Å². The van der Waals surface area contributed by atoms with Crippen molar-refractivity contribution in [2.45, 2.75) is 0 Å². The summed E-state index contributed by atoms with van der Waals surface area (Å²) in [6.45, 7) is 0. The minimum absolute atomic E-state index is 0.0751. The van der Waals surface area contributed by atoms with Gasteiger partial charge in [0.2, 0.25) is 0 Å². The predicted octanol–water partition coefficient (Wildman–Crippen LogP) is 1.86. The zero-order chi connectivity index (χ0) is 12.4. The molecule has 1 aromatic heterocycles. The Kier molecular flexibility index (Phi) is 3.10. The molecule has 0 bridgehead atoms. The number of rotatable bonds is 2. The van der Waals surface area contributed by atoms with Gasteiger partial charge in [-0.25, -0.2) is 9.18 Å². The lowest BCUT2D eigenvalue weighted by molar-refractivity contribution is 0.102. The number of nitrogens with one attached hydrogen (secondary N) is 3. The number of H-pyrrole nitrogens is 2. The largest absolute Gasteiger partial charge is 0.323 e. The van der Waals surface area contributed by atoms with Gasteiger partial charge in [0.25, 0.3) is 5.91 Å². The highest BCUT2D eigenvalue weighted by Gasteiger charge is 2.10. The number of hydrogen-bond donors (Lipinski definition) is 3. The average molecular weight is 300 g/mol. The van der Waals surface area contributed by atoms with Crippen LogP contribution in [0.5, 0.6) is 0 Å². The molecule has 0 atom stereocenters. The minimum Gasteiger partial charge on any atom is -0.320 e. The summed E-state index contributed by atoms with van der Waals surface area (Å²) in [6, 6.07) is 3.91. The molecular formula is C10H7BrFN3O2. The fraction of sp³-hybridized carbons (Fsp3) is 0.